The van der Waals surface area contributed by atoms with Crippen LogP contribution in [-0.4, -0.2) is 55.2 Å². The van der Waals surface area contributed by atoms with Crippen LogP contribution in [0.3, 0.4) is 0 Å². The molecule has 1 unspecified atom stereocenters. The van der Waals surface area contributed by atoms with Gasteiger partial charge in [-0.3, -0.25) is 0 Å². The van der Waals surface area contributed by atoms with E-state index in [0.717, 1.165) is 68.0 Å². The summed E-state index contributed by atoms with van der Waals surface area (Å²) in [5.74, 6) is 4.31. The number of nitrogens with zero attached hydrogens (tertiary/aromatic N) is 7. The fourth-order valence-corrected chi connectivity index (χ4v) is 3.14. The van der Waals surface area contributed by atoms with Crippen molar-refractivity contribution in [3.8, 4) is 0 Å². The third-order valence-corrected chi connectivity index (χ3v) is 4.90. The molecule has 2 aromatic heterocycles. The minimum atomic E-state index is 0.249. The van der Waals surface area contributed by atoms with Crippen molar-refractivity contribution in [2.24, 2.45) is 12.0 Å². The molecule has 28 heavy (non-hydrogen) atoms. The average Bonchev–Trinajstić information content (AvgIpc) is 3.23. The first-order valence-electron chi connectivity index (χ1n) is 9.92. The summed E-state index contributed by atoms with van der Waals surface area (Å²) in [7, 11) is 3.62. The van der Waals surface area contributed by atoms with Crippen LogP contribution in [0.4, 0.5) is 0 Å². The molecule has 0 aromatic carbocycles. The van der Waals surface area contributed by atoms with Gasteiger partial charge in [-0.1, -0.05) is 13.3 Å². The smallest absolute Gasteiger partial charge is 0.191 e. The lowest BCUT2D eigenvalue weighted by molar-refractivity contribution is 0.177. The molecule has 1 aliphatic rings. The Balaban J connectivity index is 1.65. The predicted molar refractivity (Wildman–Crippen MR) is 106 cm³/mol. The van der Waals surface area contributed by atoms with Gasteiger partial charge in [-0.25, -0.2) is 14.7 Å². The minimum absolute atomic E-state index is 0.249. The highest BCUT2D eigenvalue weighted by Gasteiger charge is 2.22. The number of methoxy groups -OCH3 is 1. The Labute approximate surface area is 165 Å². The maximum Gasteiger partial charge on any atom is 0.191 e. The van der Waals surface area contributed by atoms with Gasteiger partial charge in [0.05, 0.1) is 6.54 Å². The summed E-state index contributed by atoms with van der Waals surface area (Å²) in [4.78, 5) is 9.27. The molecule has 3 rings (SSSR count). The van der Waals surface area contributed by atoms with Crippen molar-refractivity contribution in [1.29, 1.82) is 0 Å². The van der Waals surface area contributed by atoms with Gasteiger partial charge in [0.15, 0.2) is 17.6 Å². The van der Waals surface area contributed by atoms with Crippen molar-refractivity contribution in [3.05, 3.63) is 23.3 Å². The van der Waals surface area contributed by atoms with Crippen LogP contribution in [0.1, 0.15) is 49.5 Å². The van der Waals surface area contributed by atoms with Crippen LogP contribution in [0.15, 0.2) is 4.99 Å². The van der Waals surface area contributed by atoms with Gasteiger partial charge in [0.2, 0.25) is 0 Å². The number of unbranched alkanes of at least 4 members (excludes halogenated alkanes) is 1. The lowest BCUT2D eigenvalue weighted by atomic mass is 10.1. The van der Waals surface area contributed by atoms with Gasteiger partial charge in [0.25, 0.3) is 0 Å². The number of aryl methyl sites for hydroxylation is 2. The zero-order chi connectivity index (χ0) is 19.9. The second kappa shape index (κ2) is 9.63. The zero-order valence-electron chi connectivity index (χ0n) is 17.3. The van der Waals surface area contributed by atoms with Gasteiger partial charge in [0, 0.05) is 33.2 Å². The first-order valence-corrected chi connectivity index (χ1v) is 9.92. The molecule has 0 bridgehead atoms. The normalized spacial score (nSPS) is 16.9. The van der Waals surface area contributed by atoms with E-state index in [1.54, 1.807) is 7.11 Å². The van der Waals surface area contributed by atoms with E-state index in [1.165, 1.54) is 0 Å². The Morgan fingerprint density at radius 2 is 2.21 bits per heavy atom. The fourth-order valence-electron chi connectivity index (χ4n) is 3.14. The van der Waals surface area contributed by atoms with Crippen molar-refractivity contribution in [2.45, 2.75) is 65.3 Å². The van der Waals surface area contributed by atoms with E-state index in [2.05, 4.69) is 37.8 Å². The standard InChI is InChI=1S/C18H31N9O/c1-5-6-9-19-18(20-10-17-24-23-13(2)26(17)3)21-14-7-8-16-22-15(12-28-4)25-27(16)11-14/h14H,5-12H2,1-4H3,(H2,19,20,21). The number of hydrogen-bond acceptors (Lipinski definition) is 6. The van der Waals surface area contributed by atoms with Gasteiger partial charge in [-0.05, 0) is 19.8 Å². The molecule has 0 spiro atoms. The molecule has 0 saturated heterocycles. The zero-order valence-corrected chi connectivity index (χ0v) is 17.3. The van der Waals surface area contributed by atoms with E-state index in [9.17, 15) is 0 Å². The van der Waals surface area contributed by atoms with Crippen LogP contribution >= 0.6 is 0 Å². The first-order chi connectivity index (χ1) is 13.6. The van der Waals surface area contributed by atoms with Crippen LogP contribution in [0.5, 0.6) is 0 Å². The monoisotopic (exact) mass is 389 g/mol. The second-order valence-corrected chi connectivity index (χ2v) is 7.11. The minimum Gasteiger partial charge on any atom is -0.377 e. The Hall–Kier alpha value is -2.49. The van der Waals surface area contributed by atoms with Crippen LogP contribution in [0.25, 0.3) is 0 Å². The number of guanidine groups is 1. The van der Waals surface area contributed by atoms with Gasteiger partial charge in [0.1, 0.15) is 24.8 Å². The molecule has 3 heterocycles. The molecular formula is C18H31N9O. The summed E-state index contributed by atoms with van der Waals surface area (Å²) in [5, 5.41) is 19.8. The number of hydrogen-bond donors (Lipinski definition) is 2. The highest BCUT2D eigenvalue weighted by molar-refractivity contribution is 5.80. The van der Waals surface area contributed by atoms with E-state index in [0.29, 0.717) is 13.2 Å². The van der Waals surface area contributed by atoms with Crippen molar-refractivity contribution < 1.29 is 4.74 Å². The molecule has 10 nitrogen and oxygen atoms in total. The number of rotatable bonds is 8. The van der Waals surface area contributed by atoms with Gasteiger partial charge < -0.3 is 19.9 Å². The molecule has 1 atom stereocenters. The Morgan fingerprint density at radius 1 is 1.36 bits per heavy atom. The first kappa shape index (κ1) is 20.2. The number of fused-ring (bicyclic) bond motifs is 1. The fraction of sp³-hybridized carbons (Fsp3) is 0.722. The molecule has 1 aliphatic heterocycles. The Kier molecular flexibility index (Phi) is 6.96. The molecule has 2 N–H and O–H groups in total. The van der Waals surface area contributed by atoms with Crippen LogP contribution < -0.4 is 10.6 Å². The molecule has 0 fully saturated rings. The Bertz CT molecular complexity index is 795. The van der Waals surface area contributed by atoms with Gasteiger partial charge in [-0.2, -0.15) is 5.10 Å². The number of aromatic nitrogens is 6. The molecule has 0 saturated carbocycles. The molecule has 0 amide bonds. The van der Waals surface area contributed by atoms with E-state index >= 15 is 0 Å². The highest BCUT2D eigenvalue weighted by atomic mass is 16.5. The summed E-state index contributed by atoms with van der Waals surface area (Å²) < 4.78 is 9.08. The summed E-state index contributed by atoms with van der Waals surface area (Å²) in [5.41, 5.74) is 0. The summed E-state index contributed by atoms with van der Waals surface area (Å²) in [6, 6.07) is 0.249. The second-order valence-electron chi connectivity index (χ2n) is 7.11. The quantitative estimate of drug-likeness (QED) is 0.389. The molecule has 2 aromatic rings. The predicted octanol–water partition coefficient (Wildman–Crippen LogP) is 0.712. The van der Waals surface area contributed by atoms with Crippen LogP contribution in [-0.2, 0) is 37.9 Å². The number of aliphatic imine (C=N–C) groups is 1. The molecule has 0 radical (unpaired) electrons. The van der Waals surface area contributed by atoms with Crippen molar-refractivity contribution in [3.63, 3.8) is 0 Å². The molecular weight excluding hydrogens is 358 g/mol. The maximum atomic E-state index is 5.14. The summed E-state index contributed by atoms with van der Waals surface area (Å²) in [6.45, 7) is 6.70. The molecule has 0 aliphatic carbocycles. The van der Waals surface area contributed by atoms with E-state index in [-0.39, 0.29) is 6.04 Å². The number of ether oxygens (including phenoxy) is 1. The molecule has 10 heteroatoms. The lowest BCUT2D eigenvalue weighted by Gasteiger charge is -2.25. The van der Waals surface area contributed by atoms with Crippen LogP contribution in [0, 0.1) is 6.92 Å². The topological polar surface area (TPSA) is 107 Å². The van der Waals surface area contributed by atoms with Crippen molar-refractivity contribution in [1.82, 2.24) is 40.2 Å². The average molecular weight is 390 g/mol. The third-order valence-electron chi connectivity index (χ3n) is 4.90. The van der Waals surface area contributed by atoms with Crippen LogP contribution in [0.2, 0.25) is 0 Å². The molecule has 154 valence electrons. The summed E-state index contributed by atoms with van der Waals surface area (Å²) in [6.07, 6.45) is 4.11. The van der Waals surface area contributed by atoms with E-state index in [1.807, 2.05) is 23.2 Å². The lowest BCUT2D eigenvalue weighted by Crippen LogP contribution is -2.47. The largest absolute Gasteiger partial charge is 0.377 e. The summed E-state index contributed by atoms with van der Waals surface area (Å²) >= 11 is 0. The van der Waals surface area contributed by atoms with Gasteiger partial charge >= 0.3 is 0 Å². The van der Waals surface area contributed by atoms with E-state index < -0.39 is 0 Å². The number of nitrogens with one attached hydrogen (secondary N) is 2. The van der Waals surface area contributed by atoms with Crippen molar-refractivity contribution in [2.75, 3.05) is 13.7 Å². The highest BCUT2D eigenvalue weighted by Crippen LogP contribution is 2.13. The Morgan fingerprint density at radius 3 is 2.93 bits per heavy atom. The van der Waals surface area contributed by atoms with Crippen molar-refractivity contribution >= 4 is 5.96 Å². The third kappa shape index (κ3) is 5.06. The van der Waals surface area contributed by atoms with Gasteiger partial charge in [-0.15, -0.1) is 10.2 Å². The van der Waals surface area contributed by atoms with E-state index in [4.69, 9.17) is 9.73 Å². The maximum absolute atomic E-state index is 5.14. The SMILES string of the molecule is CCCCNC(=NCc1nnc(C)n1C)NC1CCc2nc(COC)nn2C1.